The van der Waals surface area contributed by atoms with Crippen molar-refractivity contribution < 1.29 is 23.7 Å². The Kier molecular flexibility index (Phi) is 9.35. The normalized spacial score (nSPS) is 15.9. The number of amides is 1. The van der Waals surface area contributed by atoms with Crippen molar-refractivity contribution in [1.82, 2.24) is 25.3 Å². The number of carbonyl (C=O) groups is 1. The molecule has 3 N–H and O–H groups in total. The number of nitrogens with one attached hydrogen (secondary N) is 1. The van der Waals surface area contributed by atoms with Crippen LogP contribution >= 0.6 is 0 Å². The van der Waals surface area contributed by atoms with Gasteiger partial charge in [-0.1, -0.05) is 0 Å². The highest BCUT2D eigenvalue weighted by atomic mass is 16.6. The van der Waals surface area contributed by atoms with Crippen molar-refractivity contribution in [3.05, 3.63) is 30.6 Å². The maximum atomic E-state index is 11.7. The van der Waals surface area contributed by atoms with Gasteiger partial charge in [0.2, 0.25) is 0 Å². The average molecular weight is 527 g/mol. The molecule has 1 aromatic carbocycles. The zero-order valence-electron chi connectivity index (χ0n) is 22.4. The predicted molar refractivity (Wildman–Crippen MR) is 144 cm³/mol. The van der Waals surface area contributed by atoms with Gasteiger partial charge in [-0.15, -0.1) is 5.10 Å². The molecular formula is C27H38N6O5. The lowest BCUT2D eigenvalue weighted by atomic mass is 10.1. The van der Waals surface area contributed by atoms with E-state index in [0.717, 1.165) is 60.7 Å². The number of hydrogen-bond donors (Lipinski definition) is 2. The number of fused-ring (bicyclic) bond motifs is 1. The van der Waals surface area contributed by atoms with E-state index in [9.17, 15) is 4.79 Å². The molecule has 11 nitrogen and oxygen atoms in total. The third kappa shape index (κ3) is 7.78. The van der Waals surface area contributed by atoms with E-state index < -0.39 is 11.7 Å². The molecule has 3 heterocycles. The van der Waals surface area contributed by atoms with Crippen LogP contribution in [0.1, 0.15) is 59.1 Å². The molecule has 0 saturated carbocycles. The first-order valence-electron chi connectivity index (χ1n) is 13.2. The van der Waals surface area contributed by atoms with Crippen LogP contribution in [0.3, 0.4) is 0 Å². The molecule has 38 heavy (non-hydrogen) atoms. The van der Waals surface area contributed by atoms with E-state index >= 15 is 0 Å². The number of aromatic nitrogens is 4. The molecule has 1 unspecified atom stereocenters. The van der Waals surface area contributed by atoms with Crippen LogP contribution in [0, 0.1) is 0 Å². The Labute approximate surface area is 223 Å². The van der Waals surface area contributed by atoms with Gasteiger partial charge in [-0.05, 0) is 76.6 Å². The second-order valence-electron chi connectivity index (χ2n) is 10.3. The summed E-state index contributed by atoms with van der Waals surface area (Å²) in [6.07, 6.45) is 7.72. The van der Waals surface area contributed by atoms with Crippen LogP contribution in [-0.2, 0) is 14.2 Å². The number of unbranched alkanes of at least 4 members (excludes halogenated alkanes) is 1. The maximum Gasteiger partial charge on any atom is 0.407 e. The van der Waals surface area contributed by atoms with Crippen molar-refractivity contribution in [3.8, 4) is 16.9 Å². The van der Waals surface area contributed by atoms with Gasteiger partial charge in [0.1, 0.15) is 23.8 Å². The molecule has 1 atom stereocenters. The van der Waals surface area contributed by atoms with Crippen molar-refractivity contribution in [2.24, 2.45) is 0 Å². The number of carbonyl (C=O) groups excluding carboxylic acids is 1. The van der Waals surface area contributed by atoms with Crippen LogP contribution in [0.2, 0.25) is 0 Å². The summed E-state index contributed by atoms with van der Waals surface area (Å²) in [4.78, 5) is 11.7. The van der Waals surface area contributed by atoms with E-state index in [4.69, 9.17) is 24.7 Å². The van der Waals surface area contributed by atoms with Gasteiger partial charge in [0.15, 0.2) is 6.23 Å². The molecule has 11 heteroatoms. The van der Waals surface area contributed by atoms with Crippen molar-refractivity contribution in [2.45, 2.75) is 64.7 Å². The summed E-state index contributed by atoms with van der Waals surface area (Å²) in [5.74, 6) is 1.06. The fourth-order valence-electron chi connectivity index (χ4n) is 4.23. The molecule has 206 valence electrons. The third-order valence-electron chi connectivity index (χ3n) is 5.98. The first kappa shape index (κ1) is 27.6. The number of rotatable bonds is 11. The van der Waals surface area contributed by atoms with E-state index in [1.165, 1.54) is 0 Å². The summed E-state index contributed by atoms with van der Waals surface area (Å²) in [5.41, 5.74) is 8.07. The zero-order valence-corrected chi connectivity index (χ0v) is 22.4. The van der Waals surface area contributed by atoms with Gasteiger partial charge in [0.05, 0.1) is 29.9 Å². The Bertz CT molecular complexity index is 1200. The number of alkyl carbamates (subject to hydrolysis) is 1. The molecule has 4 rings (SSSR count). The molecule has 0 bridgehead atoms. The number of nitrogens with zero attached hydrogens (tertiary/aromatic N) is 4. The van der Waals surface area contributed by atoms with Crippen molar-refractivity contribution >= 4 is 22.8 Å². The minimum Gasteiger partial charge on any atom is -0.490 e. The minimum atomic E-state index is -0.497. The Morgan fingerprint density at radius 1 is 1.13 bits per heavy atom. The van der Waals surface area contributed by atoms with Gasteiger partial charge < -0.3 is 30.0 Å². The smallest absolute Gasteiger partial charge is 0.407 e. The standard InChI is InChI=1S/C27H38N6O5/c1-27(2,3)38-26(34)29-9-5-7-10-35-12-13-36-23-15-19(20-16-24(28)32-30-17-20)14-22-21(23)18-31-33(22)25-8-4-6-11-37-25/h14-18,25H,4-13H2,1-3H3,(H2,28,32)(H,29,34). The van der Waals surface area contributed by atoms with Gasteiger partial charge in [0, 0.05) is 25.3 Å². The Morgan fingerprint density at radius 2 is 2.00 bits per heavy atom. The highest BCUT2D eigenvalue weighted by Crippen LogP contribution is 2.35. The summed E-state index contributed by atoms with van der Waals surface area (Å²) in [6.45, 7) is 8.20. The summed E-state index contributed by atoms with van der Waals surface area (Å²) in [7, 11) is 0. The van der Waals surface area contributed by atoms with Crippen LogP contribution < -0.4 is 15.8 Å². The third-order valence-corrected chi connectivity index (χ3v) is 5.98. The van der Waals surface area contributed by atoms with Crippen LogP contribution in [0.5, 0.6) is 5.75 Å². The van der Waals surface area contributed by atoms with Gasteiger partial charge in [0.25, 0.3) is 0 Å². The summed E-state index contributed by atoms with van der Waals surface area (Å²) < 4.78 is 25.0. The molecule has 0 aliphatic carbocycles. The van der Waals surface area contributed by atoms with Gasteiger partial charge in [-0.3, -0.25) is 0 Å². The molecule has 1 aliphatic rings. The minimum absolute atomic E-state index is 0.0990. The SMILES string of the molecule is CC(C)(C)OC(=O)NCCCCOCCOc1cc(-c2cnnc(N)c2)cc2c1cnn2C1CCCCO1. The first-order valence-corrected chi connectivity index (χ1v) is 13.2. The number of nitrogen functional groups attached to an aromatic ring is 1. The molecule has 0 radical (unpaired) electrons. The van der Waals surface area contributed by atoms with Crippen LogP contribution in [0.25, 0.3) is 22.0 Å². The van der Waals surface area contributed by atoms with Crippen LogP contribution in [0.15, 0.2) is 30.6 Å². The van der Waals surface area contributed by atoms with E-state index in [-0.39, 0.29) is 6.23 Å². The van der Waals surface area contributed by atoms with Gasteiger partial charge >= 0.3 is 6.09 Å². The fourth-order valence-corrected chi connectivity index (χ4v) is 4.23. The maximum absolute atomic E-state index is 11.7. The van der Waals surface area contributed by atoms with Crippen LogP contribution in [-0.4, -0.2) is 64.6 Å². The largest absolute Gasteiger partial charge is 0.490 e. The Balaban J connectivity index is 1.33. The van der Waals surface area contributed by atoms with Crippen LogP contribution in [0.4, 0.5) is 10.6 Å². The summed E-state index contributed by atoms with van der Waals surface area (Å²) in [6, 6.07) is 5.82. The molecule has 2 aromatic heterocycles. The number of anilines is 1. The predicted octanol–water partition coefficient (Wildman–Crippen LogP) is 4.47. The molecule has 1 aliphatic heterocycles. The second kappa shape index (κ2) is 12.9. The lowest BCUT2D eigenvalue weighted by Crippen LogP contribution is -2.33. The molecule has 3 aromatic rings. The van der Waals surface area contributed by atoms with E-state index in [1.54, 1.807) is 12.3 Å². The zero-order chi connectivity index (χ0) is 27.0. The fraction of sp³-hybridized carbons (Fsp3) is 0.556. The second-order valence-corrected chi connectivity index (χ2v) is 10.3. The molecule has 1 saturated heterocycles. The van der Waals surface area contributed by atoms with Crippen molar-refractivity contribution in [3.63, 3.8) is 0 Å². The number of nitrogens with two attached hydrogens (primary N) is 1. The lowest BCUT2D eigenvalue weighted by Gasteiger charge is -2.23. The molecule has 0 spiro atoms. The number of benzene rings is 1. The van der Waals surface area contributed by atoms with Gasteiger partial charge in [-0.2, -0.15) is 10.2 Å². The highest BCUT2D eigenvalue weighted by molar-refractivity contribution is 5.90. The highest BCUT2D eigenvalue weighted by Gasteiger charge is 2.21. The van der Waals surface area contributed by atoms with E-state index in [2.05, 4.69) is 26.7 Å². The topological polar surface area (TPSA) is 136 Å². The molecule has 1 amide bonds. The number of hydrogen-bond acceptors (Lipinski definition) is 9. The summed E-state index contributed by atoms with van der Waals surface area (Å²) >= 11 is 0. The average Bonchev–Trinajstić information content (AvgIpc) is 3.31. The first-order chi connectivity index (χ1) is 18.3. The van der Waals surface area contributed by atoms with Crippen molar-refractivity contribution in [2.75, 3.05) is 38.7 Å². The monoisotopic (exact) mass is 526 g/mol. The number of ether oxygens (including phenoxy) is 4. The quantitative estimate of drug-likeness (QED) is 0.347. The Hall–Kier alpha value is -3.44. The van der Waals surface area contributed by atoms with Gasteiger partial charge in [-0.25, -0.2) is 9.48 Å². The Morgan fingerprint density at radius 3 is 2.76 bits per heavy atom. The molecule has 1 fully saturated rings. The summed E-state index contributed by atoms with van der Waals surface area (Å²) in [5, 5.41) is 16.2. The van der Waals surface area contributed by atoms with Crippen molar-refractivity contribution in [1.29, 1.82) is 0 Å². The molecular weight excluding hydrogens is 488 g/mol. The lowest BCUT2D eigenvalue weighted by molar-refractivity contribution is -0.0366. The van der Waals surface area contributed by atoms with E-state index in [0.29, 0.717) is 37.9 Å². The van der Waals surface area contributed by atoms with E-state index in [1.807, 2.05) is 37.7 Å².